The van der Waals surface area contributed by atoms with Gasteiger partial charge < -0.3 is 28.4 Å². The monoisotopic (exact) mass is 528 g/mol. The number of methoxy groups -OCH3 is 2. The maximum atomic E-state index is 12.4. The summed E-state index contributed by atoms with van der Waals surface area (Å²) in [7, 11) is 2.58. The Labute approximate surface area is 210 Å². The third kappa shape index (κ3) is 10.5. The van der Waals surface area contributed by atoms with Crippen LogP contribution in [0.15, 0.2) is 48.6 Å². The molecule has 0 heterocycles. The van der Waals surface area contributed by atoms with Gasteiger partial charge in [-0.05, 0) is 47.5 Å². The summed E-state index contributed by atoms with van der Waals surface area (Å²) in [5.41, 5.74) is 0.981. The van der Waals surface area contributed by atoms with Crippen LogP contribution in [0.5, 0.6) is 23.0 Å². The number of rotatable bonds is 14. The number of esters is 2. The van der Waals surface area contributed by atoms with Crippen LogP contribution in [0.4, 0.5) is 17.6 Å². The number of carbonyl (C=O) groups is 2. The second kappa shape index (κ2) is 15.0. The fraction of sp³-hybridized carbons (Fsp3) is 0.280. The third-order valence-corrected chi connectivity index (χ3v) is 4.41. The molecule has 0 spiro atoms. The number of alkyl halides is 4. The summed E-state index contributed by atoms with van der Waals surface area (Å²) >= 11 is 0. The molecule has 0 bridgehead atoms. The molecule has 0 saturated carbocycles. The van der Waals surface area contributed by atoms with Crippen molar-refractivity contribution in [2.75, 3.05) is 27.4 Å². The standard InChI is InChI=1S/C25H24F4O8/c1-32-20-14-16(4-8-18(20)36-24(26)27)6-10-22(30)34-12-3-13-35-23(31)11-7-17-5-9-19(37-25(28)29)21(15-17)33-2/h4-11,14-15,24-25H,3,12-13H2,1-2H3/b10-6+,11-7+. The van der Waals surface area contributed by atoms with Crippen LogP contribution in [0.1, 0.15) is 17.5 Å². The average Bonchev–Trinajstić information content (AvgIpc) is 2.86. The van der Waals surface area contributed by atoms with Crippen molar-refractivity contribution in [3.05, 3.63) is 59.7 Å². The maximum absolute atomic E-state index is 12.4. The number of carbonyl (C=O) groups excluding carboxylic acids is 2. The molecular weight excluding hydrogens is 504 g/mol. The molecule has 0 atom stereocenters. The Morgan fingerprint density at radius 2 is 1.11 bits per heavy atom. The largest absolute Gasteiger partial charge is 0.493 e. The van der Waals surface area contributed by atoms with Gasteiger partial charge in [-0.1, -0.05) is 12.1 Å². The molecule has 37 heavy (non-hydrogen) atoms. The molecule has 0 saturated heterocycles. The lowest BCUT2D eigenvalue weighted by molar-refractivity contribution is -0.140. The Bertz CT molecular complexity index is 1020. The lowest BCUT2D eigenvalue weighted by Crippen LogP contribution is -2.08. The van der Waals surface area contributed by atoms with Gasteiger partial charge in [-0.3, -0.25) is 0 Å². The topological polar surface area (TPSA) is 89.5 Å². The van der Waals surface area contributed by atoms with E-state index in [0.29, 0.717) is 11.1 Å². The molecule has 2 aromatic carbocycles. The van der Waals surface area contributed by atoms with E-state index in [-0.39, 0.29) is 42.6 Å². The molecule has 0 aromatic heterocycles. The molecule has 8 nitrogen and oxygen atoms in total. The van der Waals surface area contributed by atoms with Crippen molar-refractivity contribution < 1.29 is 55.6 Å². The second-order valence-electron chi connectivity index (χ2n) is 6.93. The molecule has 0 aliphatic heterocycles. The third-order valence-electron chi connectivity index (χ3n) is 4.41. The van der Waals surface area contributed by atoms with E-state index < -0.39 is 25.2 Å². The Balaban J connectivity index is 1.73. The molecule has 12 heteroatoms. The van der Waals surface area contributed by atoms with Crippen LogP contribution in [-0.4, -0.2) is 52.6 Å². The minimum absolute atomic E-state index is 0.0204. The molecule has 2 rings (SSSR count). The van der Waals surface area contributed by atoms with Crippen molar-refractivity contribution in [1.29, 1.82) is 0 Å². The number of halogens is 4. The minimum Gasteiger partial charge on any atom is -0.493 e. The first-order valence-corrected chi connectivity index (χ1v) is 10.7. The zero-order valence-electron chi connectivity index (χ0n) is 19.8. The van der Waals surface area contributed by atoms with Gasteiger partial charge in [0.05, 0.1) is 27.4 Å². The minimum atomic E-state index is -3.00. The Kier molecular flexibility index (Phi) is 11.8. The molecule has 0 unspecified atom stereocenters. The maximum Gasteiger partial charge on any atom is 0.387 e. The van der Waals surface area contributed by atoms with Gasteiger partial charge in [0.25, 0.3) is 0 Å². The molecule has 0 amide bonds. The van der Waals surface area contributed by atoms with Crippen molar-refractivity contribution in [3.63, 3.8) is 0 Å². The van der Waals surface area contributed by atoms with Crippen LogP contribution in [0.2, 0.25) is 0 Å². The summed E-state index contributed by atoms with van der Waals surface area (Å²) in [5.74, 6) is -1.46. The second-order valence-corrected chi connectivity index (χ2v) is 6.93. The van der Waals surface area contributed by atoms with E-state index >= 15 is 0 Å². The zero-order valence-corrected chi connectivity index (χ0v) is 19.8. The number of ether oxygens (including phenoxy) is 6. The van der Waals surface area contributed by atoms with Crippen LogP contribution in [-0.2, 0) is 19.1 Å². The highest BCUT2D eigenvalue weighted by Crippen LogP contribution is 2.30. The van der Waals surface area contributed by atoms with Crippen LogP contribution < -0.4 is 18.9 Å². The predicted octanol–water partition coefficient (Wildman–Crippen LogP) is 5.11. The van der Waals surface area contributed by atoms with Crippen molar-refractivity contribution in [2.24, 2.45) is 0 Å². The molecule has 0 radical (unpaired) electrons. The van der Waals surface area contributed by atoms with Gasteiger partial charge in [0.15, 0.2) is 23.0 Å². The van der Waals surface area contributed by atoms with E-state index in [1.807, 2.05) is 0 Å². The molecule has 200 valence electrons. The number of hydrogen-bond acceptors (Lipinski definition) is 8. The van der Waals surface area contributed by atoms with E-state index in [1.165, 1.54) is 62.8 Å². The van der Waals surface area contributed by atoms with Gasteiger partial charge in [0, 0.05) is 18.6 Å². The highest BCUT2D eigenvalue weighted by atomic mass is 19.3. The summed E-state index contributed by atoms with van der Waals surface area (Å²) in [6, 6.07) is 8.31. The molecule has 0 N–H and O–H groups in total. The lowest BCUT2D eigenvalue weighted by atomic mass is 10.2. The first-order valence-electron chi connectivity index (χ1n) is 10.7. The van der Waals surface area contributed by atoms with Gasteiger partial charge >= 0.3 is 25.2 Å². The van der Waals surface area contributed by atoms with E-state index in [4.69, 9.17) is 18.9 Å². The Morgan fingerprint density at radius 3 is 1.46 bits per heavy atom. The van der Waals surface area contributed by atoms with E-state index in [2.05, 4.69) is 9.47 Å². The van der Waals surface area contributed by atoms with Gasteiger partial charge in [0.2, 0.25) is 0 Å². The van der Waals surface area contributed by atoms with E-state index in [9.17, 15) is 27.2 Å². The molecule has 0 aliphatic carbocycles. The van der Waals surface area contributed by atoms with Gasteiger partial charge in [0.1, 0.15) is 0 Å². The van der Waals surface area contributed by atoms with Crippen LogP contribution >= 0.6 is 0 Å². The summed E-state index contributed by atoms with van der Waals surface area (Å²) in [6.07, 6.45) is 5.33. The Morgan fingerprint density at radius 1 is 0.703 bits per heavy atom. The highest BCUT2D eigenvalue weighted by Gasteiger charge is 2.11. The average molecular weight is 528 g/mol. The van der Waals surface area contributed by atoms with Crippen LogP contribution in [0.3, 0.4) is 0 Å². The van der Waals surface area contributed by atoms with Gasteiger partial charge in [-0.15, -0.1) is 0 Å². The van der Waals surface area contributed by atoms with Gasteiger partial charge in [-0.25, -0.2) is 9.59 Å². The number of hydrogen-bond donors (Lipinski definition) is 0. The summed E-state index contributed by atoms with van der Waals surface area (Å²) in [5, 5.41) is 0. The van der Waals surface area contributed by atoms with Crippen molar-refractivity contribution in [2.45, 2.75) is 19.6 Å². The molecule has 0 fully saturated rings. The van der Waals surface area contributed by atoms with Crippen molar-refractivity contribution in [1.82, 2.24) is 0 Å². The Hall–Kier alpha value is -4.22. The normalized spacial score (nSPS) is 11.2. The quantitative estimate of drug-likeness (QED) is 0.145. The van der Waals surface area contributed by atoms with Crippen molar-refractivity contribution in [3.8, 4) is 23.0 Å². The fourth-order valence-corrected chi connectivity index (χ4v) is 2.79. The SMILES string of the molecule is COc1cc(/C=C/C(=O)OCCCOC(=O)/C=C/c2ccc(OC(F)F)c(OC)c2)ccc1OC(F)F. The van der Waals surface area contributed by atoms with Gasteiger partial charge in [-0.2, -0.15) is 17.6 Å². The summed E-state index contributed by atoms with van der Waals surface area (Å²) in [6.45, 7) is -6.04. The van der Waals surface area contributed by atoms with Crippen LogP contribution in [0, 0.1) is 0 Å². The molecule has 2 aromatic rings. The first kappa shape index (κ1) is 29.0. The lowest BCUT2D eigenvalue weighted by Gasteiger charge is -2.10. The molecule has 0 aliphatic rings. The van der Waals surface area contributed by atoms with E-state index in [0.717, 1.165) is 12.2 Å². The van der Waals surface area contributed by atoms with E-state index in [1.54, 1.807) is 0 Å². The number of benzene rings is 2. The van der Waals surface area contributed by atoms with Crippen LogP contribution in [0.25, 0.3) is 12.2 Å². The highest BCUT2D eigenvalue weighted by molar-refractivity contribution is 5.87. The summed E-state index contributed by atoms with van der Waals surface area (Å²) < 4.78 is 78.1. The smallest absolute Gasteiger partial charge is 0.387 e. The molecular formula is C25H24F4O8. The fourth-order valence-electron chi connectivity index (χ4n) is 2.79. The zero-order chi connectivity index (χ0) is 27.2. The van der Waals surface area contributed by atoms with Crippen molar-refractivity contribution >= 4 is 24.1 Å². The first-order chi connectivity index (χ1) is 17.7. The predicted molar refractivity (Wildman–Crippen MR) is 124 cm³/mol. The summed E-state index contributed by atoms with van der Waals surface area (Å²) in [4.78, 5) is 23.7.